The topological polar surface area (TPSA) is 109 Å². The van der Waals surface area contributed by atoms with Gasteiger partial charge < -0.3 is 9.52 Å². The molecule has 0 saturated carbocycles. The molecule has 138 valence electrons. The zero-order chi connectivity index (χ0) is 19.4. The van der Waals surface area contributed by atoms with Crippen LogP contribution >= 0.6 is 0 Å². The molecule has 0 saturated heterocycles. The molecule has 0 fully saturated rings. The third kappa shape index (κ3) is 4.42. The molecule has 3 aromatic rings. The summed E-state index contributed by atoms with van der Waals surface area (Å²) < 4.78 is 29.9. The molecule has 0 radical (unpaired) electrons. The molecule has 0 aliphatic heterocycles. The summed E-state index contributed by atoms with van der Waals surface area (Å²) in [6, 6.07) is 15.9. The van der Waals surface area contributed by atoms with Crippen molar-refractivity contribution in [1.82, 2.24) is 4.83 Å². The van der Waals surface area contributed by atoms with E-state index < -0.39 is 16.0 Å². The van der Waals surface area contributed by atoms with Crippen LogP contribution < -0.4 is 4.83 Å². The highest BCUT2D eigenvalue weighted by molar-refractivity contribution is 7.89. The minimum atomic E-state index is -3.75. The number of rotatable bonds is 6. The van der Waals surface area contributed by atoms with Gasteiger partial charge in [0, 0.05) is 5.56 Å². The maximum absolute atomic E-state index is 12.1. The predicted octanol–water partition coefficient (Wildman–Crippen LogP) is 3.27. The molecule has 7 nitrogen and oxygen atoms in total. The molecule has 1 heterocycles. The van der Waals surface area contributed by atoms with Crippen LogP contribution in [0, 0.1) is 6.92 Å². The fourth-order valence-electron chi connectivity index (χ4n) is 2.28. The van der Waals surface area contributed by atoms with Crippen molar-refractivity contribution >= 4 is 22.2 Å². The smallest absolute Gasteiger partial charge is 0.335 e. The molecule has 0 aliphatic rings. The van der Waals surface area contributed by atoms with Crippen molar-refractivity contribution in [3.8, 4) is 11.3 Å². The van der Waals surface area contributed by atoms with Crippen molar-refractivity contribution in [3.05, 3.63) is 77.6 Å². The number of furan rings is 1. The summed E-state index contributed by atoms with van der Waals surface area (Å²) in [5.74, 6) is -0.150. The Morgan fingerprint density at radius 1 is 1.04 bits per heavy atom. The van der Waals surface area contributed by atoms with E-state index in [9.17, 15) is 13.2 Å². The number of carboxylic acid groups (broad SMARTS) is 1. The van der Waals surface area contributed by atoms with Gasteiger partial charge in [-0.15, -0.1) is 0 Å². The molecule has 0 amide bonds. The van der Waals surface area contributed by atoms with Crippen LogP contribution in [-0.4, -0.2) is 25.7 Å². The fraction of sp³-hybridized carbons (Fsp3) is 0.0526. The number of aryl methyl sites for hydroxylation is 1. The van der Waals surface area contributed by atoms with Crippen LogP contribution in [0.4, 0.5) is 0 Å². The lowest BCUT2D eigenvalue weighted by molar-refractivity contribution is 0.0697. The zero-order valence-electron chi connectivity index (χ0n) is 14.3. The Hall–Kier alpha value is -3.39. The van der Waals surface area contributed by atoms with Gasteiger partial charge in [0.25, 0.3) is 10.0 Å². The Labute approximate surface area is 156 Å². The number of hydrogen-bond donors (Lipinski definition) is 2. The van der Waals surface area contributed by atoms with Gasteiger partial charge in [-0.05, 0) is 43.3 Å². The Morgan fingerprint density at radius 2 is 1.70 bits per heavy atom. The van der Waals surface area contributed by atoms with Crippen molar-refractivity contribution in [2.24, 2.45) is 5.10 Å². The van der Waals surface area contributed by atoms with E-state index in [2.05, 4.69) is 9.93 Å². The minimum absolute atomic E-state index is 0.115. The van der Waals surface area contributed by atoms with Gasteiger partial charge in [0.15, 0.2) is 0 Å². The maximum atomic E-state index is 12.1. The molecule has 0 aliphatic carbocycles. The number of sulfonamides is 1. The number of hydrazone groups is 1. The molecule has 0 spiro atoms. The van der Waals surface area contributed by atoms with Crippen molar-refractivity contribution in [3.63, 3.8) is 0 Å². The van der Waals surface area contributed by atoms with Gasteiger partial charge in [0.05, 0.1) is 16.7 Å². The number of carboxylic acids is 1. The first-order chi connectivity index (χ1) is 12.8. The summed E-state index contributed by atoms with van der Waals surface area (Å²) in [5, 5.41) is 12.6. The molecule has 8 heteroatoms. The summed E-state index contributed by atoms with van der Waals surface area (Å²) in [6.45, 7) is 1.87. The first-order valence-corrected chi connectivity index (χ1v) is 9.38. The lowest BCUT2D eigenvalue weighted by atomic mass is 10.1. The zero-order valence-corrected chi connectivity index (χ0v) is 15.1. The monoisotopic (exact) mass is 384 g/mol. The molecule has 27 heavy (non-hydrogen) atoms. The van der Waals surface area contributed by atoms with Crippen LogP contribution in [0.15, 0.2) is 75.1 Å². The molecule has 2 N–H and O–H groups in total. The van der Waals surface area contributed by atoms with E-state index in [1.165, 1.54) is 30.5 Å². The Bertz CT molecular complexity index is 1080. The molecule has 3 rings (SSSR count). The average molecular weight is 384 g/mol. The SMILES string of the molecule is Cc1ccc(S(=O)(=O)NN=Cc2ccc(-c3ccc(C(=O)O)cc3)o2)cc1. The number of nitrogens with one attached hydrogen (secondary N) is 1. The Balaban J connectivity index is 1.70. The summed E-state index contributed by atoms with van der Waals surface area (Å²) in [4.78, 5) is 13.1. The van der Waals surface area contributed by atoms with E-state index >= 15 is 0 Å². The van der Waals surface area contributed by atoms with Gasteiger partial charge in [-0.1, -0.05) is 29.8 Å². The third-order valence-corrected chi connectivity index (χ3v) is 4.98. The second-order valence-electron chi connectivity index (χ2n) is 5.75. The lowest BCUT2D eigenvalue weighted by Gasteiger charge is -2.03. The quantitative estimate of drug-likeness (QED) is 0.501. The summed E-state index contributed by atoms with van der Waals surface area (Å²) >= 11 is 0. The fourth-order valence-corrected chi connectivity index (χ4v) is 3.08. The summed E-state index contributed by atoms with van der Waals surface area (Å²) in [7, 11) is -3.75. The lowest BCUT2D eigenvalue weighted by Crippen LogP contribution is -2.18. The average Bonchev–Trinajstić information content (AvgIpc) is 3.11. The van der Waals surface area contributed by atoms with Crippen LogP contribution in [0.5, 0.6) is 0 Å². The highest BCUT2D eigenvalue weighted by Crippen LogP contribution is 2.22. The third-order valence-electron chi connectivity index (χ3n) is 3.74. The van der Waals surface area contributed by atoms with Crippen molar-refractivity contribution in [2.45, 2.75) is 11.8 Å². The number of hydrogen-bond acceptors (Lipinski definition) is 5. The van der Waals surface area contributed by atoms with E-state index in [4.69, 9.17) is 9.52 Å². The second kappa shape index (κ2) is 7.46. The largest absolute Gasteiger partial charge is 0.478 e. The number of nitrogens with zero attached hydrogens (tertiary/aromatic N) is 1. The molecular weight excluding hydrogens is 368 g/mol. The van der Waals surface area contributed by atoms with Gasteiger partial charge in [0.1, 0.15) is 11.5 Å². The predicted molar refractivity (Wildman–Crippen MR) is 100 cm³/mol. The van der Waals surface area contributed by atoms with Gasteiger partial charge in [0.2, 0.25) is 0 Å². The maximum Gasteiger partial charge on any atom is 0.335 e. The Kier molecular flexibility index (Phi) is 5.09. The van der Waals surface area contributed by atoms with Crippen molar-refractivity contribution in [1.29, 1.82) is 0 Å². The standard InChI is InChI=1S/C19H16N2O5S/c1-13-2-9-17(10-3-13)27(24,25)21-20-12-16-8-11-18(26-16)14-4-6-15(7-5-14)19(22)23/h2-12,21H,1H3,(H,22,23). The molecule has 0 bridgehead atoms. The van der Waals surface area contributed by atoms with E-state index in [0.29, 0.717) is 17.1 Å². The van der Waals surface area contributed by atoms with Crippen molar-refractivity contribution in [2.75, 3.05) is 0 Å². The molecule has 1 aromatic heterocycles. The molecule has 0 atom stereocenters. The molecular formula is C19H16N2O5S. The van der Waals surface area contributed by atoms with Gasteiger partial charge in [-0.25, -0.2) is 4.79 Å². The summed E-state index contributed by atoms with van der Waals surface area (Å²) in [6.07, 6.45) is 1.25. The molecule has 2 aromatic carbocycles. The Morgan fingerprint density at radius 3 is 2.33 bits per heavy atom. The van der Waals surface area contributed by atoms with E-state index in [0.717, 1.165) is 5.56 Å². The first-order valence-electron chi connectivity index (χ1n) is 7.90. The highest BCUT2D eigenvalue weighted by Gasteiger charge is 2.12. The number of benzene rings is 2. The number of aromatic carboxylic acids is 1. The summed E-state index contributed by atoms with van der Waals surface area (Å²) in [5.41, 5.74) is 1.83. The first kappa shape index (κ1) is 18.4. The number of carbonyl (C=O) groups is 1. The normalized spacial score (nSPS) is 11.6. The van der Waals surface area contributed by atoms with E-state index in [1.807, 2.05) is 6.92 Å². The second-order valence-corrected chi connectivity index (χ2v) is 7.41. The van der Waals surface area contributed by atoms with Crippen LogP contribution in [0.2, 0.25) is 0 Å². The van der Waals surface area contributed by atoms with E-state index in [1.54, 1.807) is 36.4 Å². The van der Waals surface area contributed by atoms with E-state index in [-0.39, 0.29) is 10.5 Å². The van der Waals surface area contributed by atoms with Crippen LogP contribution in [-0.2, 0) is 10.0 Å². The van der Waals surface area contributed by atoms with Crippen LogP contribution in [0.1, 0.15) is 21.7 Å². The van der Waals surface area contributed by atoms with Gasteiger partial charge in [-0.3, -0.25) is 0 Å². The van der Waals surface area contributed by atoms with Gasteiger partial charge >= 0.3 is 5.97 Å². The van der Waals surface area contributed by atoms with Crippen LogP contribution in [0.3, 0.4) is 0 Å². The van der Waals surface area contributed by atoms with Crippen molar-refractivity contribution < 1.29 is 22.7 Å². The minimum Gasteiger partial charge on any atom is -0.478 e. The van der Waals surface area contributed by atoms with Gasteiger partial charge in [-0.2, -0.15) is 18.4 Å². The van der Waals surface area contributed by atoms with Crippen LogP contribution in [0.25, 0.3) is 11.3 Å². The molecule has 0 unspecified atom stereocenters. The highest BCUT2D eigenvalue weighted by atomic mass is 32.2.